The van der Waals surface area contributed by atoms with E-state index in [0.717, 1.165) is 19.4 Å². The zero-order valence-corrected chi connectivity index (χ0v) is 11.2. The lowest BCUT2D eigenvalue weighted by atomic mass is 10.1. The Kier molecular flexibility index (Phi) is 4.89. The highest BCUT2D eigenvalue weighted by atomic mass is 35.5. The summed E-state index contributed by atoms with van der Waals surface area (Å²) < 4.78 is 0. The van der Waals surface area contributed by atoms with Gasteiger partial charge in [-0.15, -0.1) is 11.6 Å². The van der Waals surface area contributed by atoms with Gasteiger partial charge in [-0.05, 0) is 52.9 Å². The SMILES string of the molecule is ClCCc1ccc(NCCc2ccsc2)cc1. The highest BCUT2D eigenvalue weighted by Gasteiger charge is 1.95. The van der Waals surface area contributed by atoms with Gasteiger partial charge >= 0.3 is 0 Å². The molecule has 1 N–H and O–H groups in total. The zero-order valence-electron chi connectivity index (χ0n) is 9.66. The van der Waals surface area contributed by atoms with Gasteiger partial charge in [0.1, 0.15) is 0 Å². The summed E-state index contributed by atoms with van der Waals surface area (Å²) in [5.41, 5.74) is 3.88. The van der Waals surface area contributed by atoms with Gasteiger partial charge in [0.25, 0.3) is 0 Å². The molecule has 1 nitrogen and oxygen atoms in total. The molecule has 0 radical (unpaired) electrons. The van der Waals surface area contributed by atoms with E-state index in [4.69, 9.17) is 11.6 Å². The summed E-state index contributed by atoms with van der Waals surface area (Å²) in [7, 11) is 0. The molecule has 0 aliphatic heterocycles. The van der Waals surface area contributed by atoms with E-state index in [0.29, 0.717) is 5.88 Å². The summed E-state index contributed by atoms with van der Waals surface area (Å²) in [5, 5.41) is 7.74. The van der Waals surface area contributed by atoms with Crippen molar-refractivity contribution in [3.63, 3.8) is 0 Å². The van der Waals surface area contributed by atoms with E-state index in [1.165, 1.54) is 16.8 Å². The second kappa shape index (κ2) is 6.67. The molecule has 0 atom stereocenters. The van der Waals surface area contributed by atoms with Crippen molar-refractivity contribution in [1.82, 2.24) is 0 Å². The number of benzene rings is 1. The molecule has 0 unspecified atom stereocenters. The third-order valence-electron chi connectivity index (χ3n) is 2.66. The van der Waals surface area contributed by atoms with Gasteiger partial charge in [-0.25, -0.2) is 0 Å². The Morgan fingerprint density at radius 2 is 1.82 bits per heavy atom. The highest BCUT2D eigenvalue weighted by molar-refractivity contribution is 7.07. The maximum absolute atomic E-state index is 5.70. The average molecular weight is 266 g/mol. The molecule has 1 heterocycles. The standard InChI is InChI=1S/C14H16ClNS/c15-8-5-12-1-3-14(4-2-12)16-9-6-13-7-10-17-11-13/h1-4,7,10-11,16H,5-6,8-9H2. The minimum absolute atomic E-state index is 0.685. The topological polar surface area (TPSA) is 12.0 Å². The summed E-state index contributed by atoms with van der Waals surface area (Å²) in [6.07, 6.45) is 2.02. The molecule has 0 spiro atoms. The average Bonchev–Trinajstić information content (AvgIpc) is 2.85. The van der Waals surface area contributed by atoms with Crippen LogP contribution >= 0.6 is 22.9 Å². The van der Waals surface area contributed by atoms with Gasteiger partial charge in [0.15, 0.2) is 0 Å². The lowest BCUT2D eigenvalue weighted by molar-refractivity contribution is 1.03. The number of alkyl halides is 1. The van der Waals surface area contributed by atoms with Crippen molar-refractivity contribution in [2.75, 3.05) is 17.7 Å². The Bertz CT molecular complexity index is 422. The van der Waals surface area contributed by atoms with Gasteiger partial charge in [0, 0.05) is 18.1 Å². The number of hydrogen-bond donors (Lipinski definition) is 1. The number of hydrogen-bond acceptors (Lipinski definition) is 2. The van der Waals surface area contributed by atoms with Crippen LogP contribution in [0.25, 0.3) is 0 Å². The van der Waals surface area contributed by atoms with Crippen molar-refractivity contribution in [1.29, 1.82) is 0 Å². The second-order valence-corrected chi connectivity index (χ2v) is 5.10. The summed E-state index contributed by atoms with van der Waals surface area (Å²) in [6, 6.07) is 10.7. The van der Waals surface area contributed by atoms with Crippen LogP contribution in [0.1, 0.15) is 11.1 Å². The highest BCUT2D eigenvalue weighted by Crippen LogP contribution is 2.11. The minimum Gasteiger partial charge on any atom is -0.385 e. The monoisotopic (exact) mass is 265 g/mol. The minimum atomic E-state index is 0.685. The molecule has 1 aromatic carbocycles. The van der Waals surface area contributed by atoms with Crippen LogP contribution in [0.5, 0.6) is 0 Å². The molecule has 0 fully saturated rings. The fraction of sp³-hybridized carbons (Fsp3) is 0.286. The molecule has 0 bridgehead atoms. The summed E-state index contributed by atoms with van der Waals surface area (Å²) in [5.74, 6) is 0.685. The van der Waals surface area contributed by atoms with E-state index in [-0.39, 0.29) is 0 Å². The van der Waals surface area contributed by atoms with Gasteiger partial charge in [-0.3, -0.25) is 0 Å². The largest absolute Gasteiger partial charge is 0.385 e. The van der Waals surface area contributed by atoms with Crippen molar-refractivity contribution >= 4 is 28.6 Å². The van der Waals surface area contributed by atoms with E-state index in [1.54, 1.807) is 11.3 Å². The van der Waals surface area contributed by atoms with Gasteiger partial charge < -0.3 is 5.32 Å². The van der Waals surface area contributed by atoms with Crippen LogP contribution in [0.15, 0.2) is 41.1 Å². The third kappa shape index (κ3) is 4.06. The van der Waals surface area contributed by atoms with Gasteiger partial charge in [-0.1, -0.05) is 12.1 Å². The molecular formula is C14H16ClNS. The van der Waals surface area contributed by atoms with Crippen LogP contribution in [-0.2, 0) is 12.8 Å². The van der Waals surface area contributed by atoms with Gasteiger partial charge in [-0.2, -0.15) is 11.3 Å². The molecule has 2 rings (SSSR count). The third-order valence-corrected chi connectivity index (χ3v) is 3.58. The van der Waals surface area contributed by atoms with Crippen molar-refractivity contribution < 1.29 is 0 Å². The molecule has 2 aromatic rings. The van der Waals surface area contributed by atoms with Crippen LogP contribution < -0.4 is 5.32 Å². The quantitative estimate of drug-likeness (QED) is 0.773. The number of thiophene rings is 1. The first-order chi connectivity index (χ1) is 8.38. The van der Waals surface area contributed by atoms with Crippen LogP contribution in [0, 0.1) is 0 Å². The number of halogens is 1. The normalized spacial score (nSPS) is 10.4. The first-order valence-corrected chi connectivity index (χ1v) is 7.26. The maximum atomic E-state index is 5.70. The molecule has 3 heteroatoms. The molecular weight excluding hydrogens is 250 g/mol. The van der Waals surface area contributed by atoms with Crippen molar-refractivity contribution in [2.45, 2.75) is 12.8 Å². The summed E-state index contributed by atoms with van der Waals surface area (Å²) in [6.45, 7) is 0.978. The van der Waals surface area contributed by atoms with Crippen molar-refractivity contribution in [2.24, 2.45) is 0 Å². The van der Waals surface area contributed by atoms with Crippen LogP contribution in [0.4, 0.5) is 5.69 Å². The Morgan fingerprint density at radius 3 is 2.47 bits per heavy atom. The number of anilines is 1. The predicted octanol–water partition coefficient (Wildman–Crippen LogP) is 4.18. The maximum Gasteiger partial charge on any atom is 0.0340 e. The Balaban J connectivity index is 1.79. The van der Waals surface area contributed by atoms with E-state index < -0.39 is 0 Å². The molecule has 17 heavy (non-hydrogen) atoms. The second-order valence-electron chi connectivity index (χ2n) is 3.94. The van der Waals surface area contributed by atoms with E-state index in [2.05, 4.69) is 46.4 Å². The van der Waals surface area contributed by atoms with Crippen LogP contribution in [-0.4, -0.2) is 12.4 Å². The molecule has 0 aliphatic rings. The van der Waals surface area contributed by atoms with Crippen LogP contribution in [0.3, 0.4) is 0 Å². The van der Waals surface area contributed by atoms with Crippen molar-refractivity contribution in [3.05, 3.63) is 52.2 Å². The molecule has 90 valence electrons. The molecule has 0 amide bonds. The number of aryl methyl sites for hydroxylation is 1. The lowest BCUT2D eigenvalue weighted by Crippen LogP contribution is -2.04. The van der Waals surface area contributed by atoms with Gasteiger partial charge in [0.2, 0.25) is 0 Å². The molecule has 0 aliphatic carbocycles. The number of rotatable bonds is 6. The lowest BCUT2D eigenvalue weighted by Gasteiger charge is -2.06. The fourth-order valence-electron chi connectivity index (χ4n) is 1.68. The Morgan fingerprint density at radius 1 is 1.00 bits per heavy atom. The molecule has 0 saturated carbocycles. The Hall–Kier alpha value is -0.990. The zero-order chi connectivity index (χ0) is 11.9. The van der Waals surface area contributed by atoms with Crippen LogP contribution in [0.2, 0.25) is 0 Å². The molecule has 1 aromatic heterocycles. The van der Waals surface area contributed by atoms with E-state index in [9.17, 15) is 0 Å². The number of nitrogens with one attached hydrogen (secondary N) is 1. The first kappa shape index (κ1) is 12.5. The van der Waals surface area contributed by atoms with E-state index in [1.807, 2.05) is 0 Å². The van der Waals surface area contributed by atoms with E-state index >= 15 is 0 Å². The Labute approximate surface area is 111 Å². The smallest absolute Gasteiger partial charge is 0.0340 e. The molecule has 0 saturated heterocycles. The van der Waals surface area contributed by atoms with Crippen molar-refractivity contribution in [3.8, 4) is 0 Å². The van der Waals surface area contributed by atoms with Gasteiger partial charge in [0.05, 0.1) is 0 Å². The fourth-order valence-corrected chi connectivity index (χ4v) is 2.61. The predicted molar refractivity (Wildman–Crippen MR) is 77.4 cm³/mol. The summed E-state index contributed by atoms with van der Waals surface area (Å²) >= 11 is 7.45. The summed E-state index contributed by atoms with van der Waals surface area (Å²) in [4.78, 5) is 0. The first-order valence-electron chi connectivity index (χ1n) is 5.78.